The molecule has 0 bridgehead atoms. The minimum absolute atomic E-state index is 0.0177. The lowest BCUT2D eigenvalue weighted by Gasteiger charge is -2.23. The van der Waals surface area contributed by atoms with Crippen LogP contribution >= 0.6 is 0 Å². The Labute approximate surface area is 125 Å². The normalized spacial score (nSPS) is 10.2. The number of nitrogens with one attached hydrogen (secondary N) is 1. The summed E-state index contributed by atoms with van der Waals surface area (Å²) in [5.74, 6) is 0.628. The second-order valence-electron chi connectivity index (χ2n) is 4.87. The van der Waals surface area contributed by atoms with Crippen molar-refractivity contribution in [3.05, 3.63) is 18.2 Å². The number of benzene rings is 1. The van der Waals surface area contributed by atoms with Crippen LogP contribution in [0.4, 0.5) is 5.69 Å². The number of methoxy groups -OCH3 is 2. The maximum absolute atomic E-state index is 11.9. The van der Waals surface area contributed by atoms with Gasteiger partial charge in [-0.3, -0.25) is 14.5 Å². The van der Waals surface area contributed by atoms with E-state index in [9.17, 15) is 9.59 Å². The van der Waals surface area contributed by atoms with Gasteiger partial charge in [-0.25, -0.2) is 0 Å². The summed E-state index contributed by atoms with van der Waals surface area (Å²) in [6.45, 7) is 5.08. The van der Waals surface area contributed by atoms with Gasteiger partial charge in [-0.05, 0) is 26.0 Å². The molecule has 6 nitrogen and oxygen atoms in total. The zero-order chi connectivity index (χ0) is 16.0. The first kappa shape index (κ1) is 16.8. The van der Waals surface area contributed by atoms with Crippen molar-refractivity contribution in [1.29, 1.82) is 0 Å². The molecule has 0 unspecified atom stereocenters. The van der Waals surface area contributed by atoms with Gasteiger partial charge in [0.2, 0.25) is 11.8 Å². The van der Waals surface area contributed by atoms with E-state index in [4.69, 9.17) is 9.47 Å². The standard InChI is InChI=1S/C15H22N2O4/c1-10(2)16-15(19)9-17(11(3)18)13-7-6-12(20-4)8-14(13)21-5/h6-8,10H,9H2,1-5H3,(H,16,19). The van der Waals surface area contributed by atoms with Crippen LogP contribution in [0.5, 0.6) is 11.5 Å². The Morgan fingerprint density at radius 3 is 2.38 bits per heavy atom. The van der Waals surface area contributed by atoms with Gasteiger partial charge in [0.1, 0.15) is 18.0 Å². The summed E-state index contributed by atoms with van der Waals surface area (Å²) in [6.07, 6.45) is 0. The van der Waals surface area contributed by atoms with Crippen LogP contribution in [-0.2, 0) is 9.59 Å². The molecule has 1 aromatic rings. The van der Waals surface area contributed by atoms with Gasteiger partial charge < -0.3 is 14.8 Å². The van der Waals surface area contributed by atoms with Crippen LogP contribution in [-0.4, -0.2) is 38.6 Å². The first-order valence-electron chi connectivity index (χ1n) is 6.68. The Kier molecular flexibility index (Phi) is 6.02. The number of hydrogen-bond donors (Lipinski definition) is 1. The fourth-order valence-corrected chi connectivity index (χ4v) is 1.89. The maximum atomic E-state index is 11.9. The molecule has 0 aliphatic heterocycles. The molecule has 116 valence electrons. The second-order valence-corrected chi connectivity index (χ2v) is 4.87. The molecule has 0 saturated heterocycles. The summed E-state index contributed by atoms with van der Waals surface area (Å²) in [6, 6.07) is 5.10. The van der Waals surface area contributed by atoms with Gasteiger partial charge in [0.25, 0.3) is 0 Å². The fourth-order valence-electron chi connectivity index (χ4n) is 1.89. The number of hydrogen-bond acceptors (Lipinski definition) is 4. The van der Waals surface area contributed by atoms with E-state index in [2.05, 4.69) is 5.32 Å². The number of amides is 2. The summed E-state index contributed by atoms with van der Waals surface area (Å²) in [4.78, 5) is 25.1. The highest BCUT2D eigenvalue weighted by atomic mass is 16.5. The van der Waals surface area contributed by atoms with Crippen LogP contribution < -0.4 is 19.7 Å². The van der Waals surface area contributed by atoms with Crippen LogP contribution in [0.25, 0.3) is 0 Å². The Morgan fingerprint density at radius 1 is 1.24 bits per heavy atom. The van der Waals surface area contributed by atoms with Gasteiger partial charge in [-0.1, -0.05) is 0 Å². The molecule has 0 heterocycles. The molecule has 0 atom stereocenters. The van der Waals surface area contributed by atoms with Crippen LogP contribution in [0, 0.1) is 0 Å². The van der Waals surface area contributed by atoms with E-state index in [0.29, 0.717) is 17.2 Å². The summed E-state index contributed by atoms with van der Waals surface area (Å²) in [5, 5.41) is 2.76. The zero-order valence-corrected chi connectivity index (χ0v) is 13.1. The highest BCUT2D eigenvalue weighted by Gasteiger charge is 2.20. The third kappa shape index (κ3) is 4.66. The smallest absolute Gasteiger partial charge is 0.240 e. The number of carbonyl (C=O) groups excluding carboxylic acids is 2. The lowest BCUT2D eigenvalue weighted by Crippen LogP contribution is -2.42. The Morgan fingerprint density at radius 2 is 1.90 bits per heavy atom. The van der Waals surface area contributed by atoms with Crippen molar-refractivity contribution in [2.75, 3.05) is 25.7 Å². The lowest BCUT2D eigenvalue weighted by atomic mass is 10.2. The summed E-state index contributed by atoms with van der Waals surface area (Å²) in [5.41, 5.74) is 0.532. The zero-order valence-electron chi connectivity index (χ0n) is 13.1. The second kappa shape index (κ2) is 7.52. The van der Waals surface area contributed by atoms with Crippen LogP contribution in [0.1, 0.15) is 20.8 Å². The Balaban J connectivity index is 3.05. The molecule has 2 amide bonds. The molecule has 0 spiro atoms. The van der Waals surface area contributed by atoms with Gasteiger partial charge in [0.05, 0.1) is 19.9 Å². The highest BCUT2D eigenvalue weighted by molar-refractivity contribution is 5.98. The van der Waals surface area contributed by atoms with E-state index in [1.165, 1.54) is 18.9 Å². The molecular formula is C15H22N2O4. The monoisotopic (exact) mass is 294 g/mol. The van der Waals surface area contributed by atoms with Crippen LogP contribution in [0.3, 0.4) is 0 Å². The number of ether oxygens (including phenoxy) is 2. The number of carbonyl (C=O) groups is 2. The van der Waals surface area contributed by atoms with Crippen molar-refractivity contribution in [3.8, 4) is 11.5 Å². The maximum Gasteiger partial charge on any atom is 0.240 e. The van der Waals surface area contributed by atoms with Gasteiger partial charge in [0.15, 0.2) is 0 Å². The van der Waals surface area contributed by atoms with Crippen LogP contribution in [0.2, 0.25) is 0 Å². The van der Waals surface area contributed by atoms with E-state index < -0.39 is 0 Å². The summed E-state index contributed by atoms with van der Waals surface area (Å²) < 4.78 is 10.4. The number of anilines is 1. The molecule has 21 heavy (non-hydrogen) atoms. The third-order valence-electron chi connectivity index (χ3n) is 2.81. The van der Waals surface area contributed by atoms with E-state index >= 15 is 0 Å². The molecule has 6 heteroatoms. The summed E-state index contributed by atoms with van der Waals surface area (Å²) >= 11 is 0. The average Bonchev–Trinajstić information content (AvgIpc) is 2.43. The Hall–Kier alpha value is -2.24. The third-order valence-corrected chi connectivity index (χ3v) is 2.81. The largest absolute Gasteiger partial charge is 0.497 e. The Bertz CT molecular complexity index is 514. The first-order valence-corrected chi connectivity index (χ1v) is 6.68. The molecule has 1 aromatic carbocycles. The van der Waals surface area contributed by atoms with Gasteiger partial charge in [-0.15, -0.1) is 0 Å². The molecule has 0 fully saturated rings. The summed E-state index contributed by atoms with van der Waals surface area (Å²) in [7, 11) is 3.05. The van der Waals surface area contributed by atoms with E-state index in [-0.39, 0.29) is 24.4 Å². The predicted molar refractivity (Wildman–Crippen MR) is 80.9 cm³/mol. The molecule has 0 aromatic heterocycles. The SMILES string of the molecule is COc1ccc(N(CC(=O)NC(C)C)C(C)=O)c(OC)c1. The minimum atomic E-state index is -0.239. The van der Waals surface area contributed by atoms with Crippen molar-refractivity contribution >= 4 is 17.5 Å². The van der Waals surface area contributed by atoms with E-state index in [1.807, 2.05) is 13.8 Å². The molecule has 0 saturated carbocycles. The molecule has 0 aliphatic rings. The van der Waals surface area contributed by atoms with Crippen molar-refractivity contribution in [2.24, 2.45) is 0 Å². The average molecular weight is 294 g/mol. The van der Waals surface area contributed by atoms with Crippen molar-refractivity contribution in [1.82, 2.24) is 5.32 Å². The minimum Gasteiger partial charge on any atom is -0.497 e. The first-order chi connectivity index (χ1) is 9.88. The van der Waals surface area contributed by atoms with Gasteiger partial charge >= 0.3 is 0 Å². The molecular weight excluding hydrogens is 272 g/mol. The van der Waals surface area contributed by atoms with Crippen molar-refractivity contribution in [2.45, 2.75) is 26.8 Å². The van der Waals surface area contributed by atoms with Crippen molar-refractivity contribution < 1.29 is 19.1 Å². The van der Waals surface area contributed by atoms with Crippen molar-refractivity contribution in [3.63, 3.8) is 0 Å². The van der Waals surface area contributed by atoms with Gasteiger partial charge in [-0.2, -0.15) is 0 Å². The number of rotatable bonds is 6. The lowest BCUT2D eigenvalue weighted by molar-refractivity contribution is -0.123. The van der Waals surface area contributed by atoms with Crippen LogP contribution in [0.15, 0.2) is 18.2 Å². The molecule has 1 rings (SSSR count). The quantitative estimate of drug-likeness (QED) is 0.865. The topological polar surface area (TPSA) is 67.9 Å². The highest BCUT2D eigenvalue weighted by Crippen LogP contribution is 2.32. The number of nitrogens with zero attached hydrogens (tertiary/aromatic N) is 1. The van der Waals surface area contributed by atoms with E-state index in [1.54, 1.807) is 25.3 Å². The van der Waals surface area contributed by atoms with Gasteiger partial charge in [0, 0.05) is 19.0 Å². The molecule has 0 radical (unpaired) electrons. The molecule has 0 aliphatic carbocycles. The van der Waals surface area contributed by atoms with E-state index in [0.717, 1.165) is 0 Å². The fraction of sp³-hybridized carbons (Fsp3) is 0.467. The molecule has 1 N–H and O–H groups in total. The predicted octanol–water partition coefficient (Wildman–Crippen LogP) is 1.58.